The van der Waals surface area contributed by atoms with Gasteiger partial charge in [0.1, 0.15) is 0 Å². The van der Waals surface area contributed by atoms with Crippen molar-refractivity contribution in [3.8, 4) is 0 Å². The lowest BCUT2D eigenvalue weighted by molar-refractivity contribution is 0.0342. The molecule has 1 fully saturated rings. The molecule has 3 aromatic carbocycles. The second-order valence-electron chi connectivity index (χ2n) is 7.45. The Morgan fingerprint density at radius 3 is 2.50 bits per heavy atom. The van der Waals surface area contributed by atoms with Crippen molar-refractivity contribution in [3.63, 3.8) is 0 Å². The number of carbonyl (C=O) groups excluding carboxylic acids is 1. The number of amides is 1. The van der Waals surface area contributed by atoms with Gasteiger partial charge in [-0.15, -0.1) is 0 Å². The van der Waals surface area contributed by atoms with Crippen LogP contribution in [0.25, 0.3) is 0 Å². The minimum Gasteiger partial charge on any atom is -0.379 e. The molecule has 1 aliphatic rings. The van der Waals surface area contributed by atoms with Crippen LogP contribution < -0.4 is 10.2 Å². The maximum atomic E-state index is 13.1. The molecule has 1 N–H and O–H groups in total. The zero-order valence-electron chi connectivity index (χ0n) is 17.3. The third kappa shape index (κ3) is 4.87. The molecule has 1 aliphatic heterocycles. The SMILES string of the molecule is CN(c1ccccc1)c1ccccc1C(=O)Nc1cccc(CN2CCOCC2)c1. The Hall–Kier alpha value is -3.15. The number of benzene rings is 3. The van der Waals surface area contributed by atoms with Gasteiger partial charge in [-0.2, -0.15) is 0 Å². The van der Waals surface area contributed by atoms with Crippen LogP contribution in [0.4, 0.5) is 17.1 Å². The number of morpholine rings is 1. The minimum absolute atomic E-state index is 0.114. The summed E-state index contributed by atoms with van der Waals surface area (Å²) in [6.45, 7) is 4.30. The van der Waals surface area contributed by atoms with Gasteiger partial charge in [0.15, 0.2) is 0 Å². The molecule has 0 aliphatic carbocycles. The van der Waals surface area contributed by atoms with E-state index >= 15 is 0 Å². The maximum absolute atomic E-state index is 13.1. The molecule has 30 heavy (non-hydrogen) atoms. The van der Waals surface area contributed by atoms with Crippen molar-refractivity contribution in [3.05, 3.63) is 90.0 Å². The van der Waals surface area contributed by atoms with Gasteiger partial charge in [-0.1, -0.05) is 42.5 Å². The van der Waals surface area contributed by atoms with Gasteiger partial charge in [0.2, 0.25) is 0 Å². The van der Waals surface area contributed by atoms with Crippen molar-refractivity contribution in [1.82, 2.24) is 4.90 Å². The zero-order valence-corrected chi connectivity index (χ0v) is 17.3. The fourth-order valence-electron chi connectivity index (χ4n) is 3.71. The lowest BCUT2D eigenvalue weighted by Crippen LogP contribution is -2.35. The highest BCUT2D eigenvalue weighted by Crippen LogP contribution is 2.27. The first-order valence-corrected chi connectivity index (χ1v) is 10.3. The highest BCUT2D eigenvalue weighted by molar-refractivity contribution is 6.08. The van der Waals surface area contributed by atoms with E-state index in [4.69, 9.17) is 4.74 Å². The fraction of sp³-hybridized carbons (Fsp3) is 0.240. The van der Waals surface area contributed by atoms with Gasteiger partial charge in [-0.05, 0) is 42.0 Å². The molecule has 0 spiro atoms. The summed E-state index contributed by atoms with van der Waals surface area (Å²) >= 11 is 0. The second kappa shape index (κ2) is 9.57. The predicted octanol–water partition coefficient (Wildman–Crippen LogP) is 4.54. The average molecular weight is 402 g/mol. The molecular formula is C25H27N3O2. The maximum Gasteiger partial charge on any atom is 0.257 e. The Kier molecular flexibility index (Phi) is 6.42. The molecule has 0 radical (unpaired) electrons. The Morgan fingerprint density at radius 2 is 1.70 bits per heavy atom. The van der Waals surface area contributed by atoms with Gasteiger partial charge in [0.25, 0.3) is 5.91 Å². The Balaban J connectivity index is 1.50. The van der Waals surface area contributed by atoms with E-state index in [0.29, 0.717) is 5.56 Å². The molecule has 0 saturated carbocycles. The summed E-state index contributed by atoms with van der Waals surface area (Å²) < 4.78 is 5.42. The first-order valence-electron chi connectivity index (χ1n) is 10.3. The van der Waals surface area contributed by atoms with E-state index in [0.717, 1.165) is 49.9 Å². The van der Waals surface area contributed by atoms with Crippen molar-refractivity contribution in [1.29, 1.82) is 0 Å². The molecule has 0 atom stereocenters. The van der Waals surface area contributed by atoms with Crippen molar-refractivity contribution in [2.45, 2.75) is 6.54 Å². The largest absolute Gasteiger partial charge is 0.379 e. The highest BCUT2D eigenvalue weighted by Gasteiger charge is 2.16. The van der Waals surface area contributed by atoms with E-state index in [-0.39, 0.29) is 5.91 Å². The number of hydrogen-bond acceptors (Lipinski definition) is 4. The number of anilines is 3. The van der Waals surface area contributed by atoms with Crippen LogP contribution in [0.2, 0.25) is 0 Å². The van der Waals surface area contributed by atoms with Crippen LogP contribution >= 0.6 is 0 Å². The van der Waals surface area contributed by atoms with Crippen LogP contribution in [0.1, 0.15) is 15.9 Å². The molecule has 1 heterocycles. The van der Waals surface area contributed by atoms with Crippen molar-refractivity contribution in [2.24, 2.45) is 0 Å². The van der Waals surface area contributed by atoms with E-state index in [1.165, 1.54) is 5.56 Å². The third-order valence-corrected chi connectivity index (χ3v) is 5.35. The van der Waals surface area contributed by atoms with Crippen molar-refractivity contribution in [2.75, 3.05) is 43.6 Å². The second-order valence-corrected chi connectivity index (χ2v) is 7.45. The molecule has 0 unspecified atom stereocenters. The Bertz CT molecular complexity index is 984. The van der Waals surface area contributed by atoms with Crippen LogP contribution in [0.5, 0.6) is 0 Å². The molecule has 3 aromatic rings. The minimum atomic E-state index is -0.114. The Labute approximate surface area is 177 Å². The highest BCUT2D eigenvalue weighted by atomic mass is 16.5. The van der Waals surface area contributed by atoms with E-state index in [9.17, 15) is 4.79 Å². The fourth-order valence-corrected chi connectivity index (χ4v) is 3.71. The number of hydrogen-bond donors (Lipinski definition) is 1. The van der Waals surface area contributed by atoms with E-state index in [2.05, 4.69) is 22.3 Å². The average Bonchev–Trinajstić information content (AvgIpc) is 2.80. The number of nitrogens with one attached hydrogen (secondary N) is 1. The third-order valence-electron chi connectivity index (χ3n) is 5.35. The Morgan fingerprint density at radius 1 is 0.967 bits per heavy atom. The predicted molar refractivity (Wildman–Crippen MR) is 121 cm³/mol. The summed E-state index contributed by atoms with van der Waals surface area (Å²) in [6, 6.07) is 25.8. The van der Waals surface area contributed by atoms with Gasteiger partial charge < -0.3 is 15.0 Å². The van der Waals surface area contributed by atoms with E-state index < -0.39 is 0 Å². The molecule has 154 valence electrons. The molecule has 0 bridgehead atoms. The number of nitrogens with zero attached hydrogens (tertiary/aromatic N) is 2. The summed E-state index contributed by atoms with van der Waals surface area (Å²) in [5.41, 5.74) is 4.53. The summed E-state index contributed by atoms with van der Waals surface area (Å²) in [5, 5.41) is 3.07. The molecule has 1 amide bonds. The van der Waals surface area contributed by atoms with Gasteiger partial charge in [0, 0.05) is 38.1 Å². The van der Waals surface area contributed by atoms with E-state index in [1.54, 1.807) is 0 Å². The zero-order chi connectivity index (χ0) is 20.8. The van der Waals surface area contributed by atoms with Crippen LogP contribution in [-0.2, 0) is 11.3 Å². The van der Waals surface area contributed by atoms with Crippen LogP contribution in [-0.4, -0.2) is 44.2 Å². The molecule has 5 heteroatoms. The van der Waals surface area contributed by atoms with Gasteiger partial charge in [-0.25, -0.2) is 0 Å². The number of rotatable bonds is 6. The van der Waals surface area contributed by atoms with Gasteiger partial charge in [-0.3, -0.25) is 9.69 Å². The van der Waals surface area contributed by atoms with Crippen LogP contribution in [0.15, 0.2) is 78.9 Å². The summed E-state index contributed by atoms with van der Waals surface area (Å²) in [5.74, 6) is -0.114. The summed E-state index contributed by atoms with van der Waals surface area (Å²) in [6.07, 6.45) is 0. The quantitative estimate of drug-likeness (QED) is 0.659. The molecule has 5 nitrogen and oxygen atoms in total. The smallest absolute Gasteiger partial charge is 0.257 e. The molecule has 0 aromatic heterocycles. The van der Waals surface area contributed by atoms with Crippen molar-refractivity contribution >= 4 is 23.0 Å². The van der Waals surface area contributed by atoms with Gasteiger partial charge >= 0.3 is 0 Å². The summed E-state index contributed by atoms with van der Waals surface area (Å²) in [7, 11) is 1.98. The van der Waals surface area contributed by atoms with Crippen LogP contribution in [0, 0.1) is 0 Å². The normalized spacial score (nSPS) is 14.3. The van der Waals surface area contributed by atoms with Crippen molar-refractivity contribution < 1.29 is 9.53 Å². The van der Waals surface area contributed by atoms with E-state index in [1.807, 2.05) is 78.7 Å². The first kappa shape index (κ1) is 20.1. The number of carbonyl (C=O) groups is 1. The first-order chi connectivity index (χ1) is 14.7. The van der Waals surface area contributed by atoms with Gasteiger partial charge in [0.05, 0.1) is 24.5 Å². The van der Waals surface area contributed by atoms with Crippen LogP contribution in [0.3, 0.4) is 0 Å². The summed E-state index contributed by atoms with van der Waals surface area (Å²) in [4.78, 5) is 17.5. The monoisotopic (exact) mass is 401 g/mol. The lowest BCUT2D eigenvalue weighted by Gasteiger charge is -2.26. The number of para-hydroxylation sites is 2. The molecular weight excluding hydrogens is 374 g/mol. The lowest BCUT2D eigenvalue weighted by atomic mass is 10.1. The standard InChI is InChI=1S/C25H27N3O2/c1-27(22-10-3-2-4-11-22)24-13-6-5-12-23(24)25(29)26-21-9-7-8-20(18-21)19-28-14-16-30-17-15-28/h2-13,18H,14-17,19H2,1H3,(H,26,29). The molecule has 1 saturated heterocycles. The molecule has 4 rings (SSSR count). The topological polar surface area (TPSA) is 44.8 Å². The number of ether oxygens (including phenoxy) is 1.